The molecule has 0 fully saturated rings. The SMILES string of the molecule is CC(=CCCNC(C)(C)C)c1ccc(C)cc1C. The van der Waals surface area contributed by atoms with Crippen LogP contribution in [0.2, 0.25) is 0 Å². The molecule has 0 bridgehead atoms. The van der Waals surface area contributed by atoms with Gasteiger partial charge in [0.25, 0.3) is 0 Å². The van der Waals surface area contributed by atoms with E-state index in [9.17, 15) is 0 Å². The molecular weight excluding hydrogens is 218 g/mol. The molecule has 0 aliphatic rings. The summed E-state index contributed by atoms with van der Waals surface area (Å²) in [5, 5.41) is 3.51. The number of allylic oxidation sites excluding steroid dienone is 1. The van der Waals surface area contributed by atoms with Crippen LogP contribution in [0.3, 0.4) is 0 Å². The smallest absolute Gasteiger partial charge is 0.00966 e. The van der Waals surface area contributed by atoms with Gasteiger partial charge in [-0.15, -0.1) is 0 Å². The van der Waals surface area contributed by atoms with Crippen molar-refractivity contribution < 1.29 is 0 Å². The first-order chi connectivity index (χ1) is 8.29. The molecule has 0 saturated carbocycles. The predicted molar refractivity (Wildman–Crippen MR) is 81.9 cm³/mol. The van der Waals surface area contributed by atoms with Crippen LogP contribution >= 0.6 is 0 Å². The summed E-state index contributed by atoms with van der Waals surface area (Å²) in [5.41, 5.74) is 5.66. The normalized spacial score (nSPS) is 12.9. The van der Waals surface area contributed by atoms with E-state index in [0.29, 0.717) is 0 Å². The minimum absolute atomic E-state index is 0.210. The average Bonchev–Trinajstić information content (AvgIpc) is 2.22. The Morgan fingerprint density at radius 1 is 1.22 bits per heavy atom. The summed E-state index contributed by atoms with van der Waals surface area (Å²) in [5.74, 6) is 0. The maximum absolute atomic E-state index is 3.51. The number of hydrogen-bond acceptors (Lipinski definition) is 1. The van der Waals surface area contributed by atoms with Crippen LogP contribution in [0.15, 0.2) is 24.3 Å². The Labute approximate surface area is 112 Å². The number of rotatable bonds is 4. The molecule has 0 spiro atoms. The monoisotopic (exact) mass is 245 g/mol. The van der Waals surface area contributed by atoms with Gasteiger partial charge in [0, 0.05) is 5.54 Å². The van der Waals surface area contributed by atoms with Gasteiger partial charge in [-0.3, -0.25) is 0 Å². The maximum atomic E-state index is 3.51. The molecule has 0 amide bonds. The van der Waals surface area contributed by atoms with Gasteiger partial charge in [-0.2, -0.15) is 0 Å². The molecule has 0 aliphatic heterocycles. The lowest BCUT2D eigenvalue weighted by Gasteiger charge is -2.19. The Kier molecular flexibility index (Phi) is 5.15. The molecule has 18 heavy (non-hydrogen) atoms. The van der Waals surface area contributed by atoms with Gasteiger partial charge in [0.1, 0.15) is 0 Å². The molecule has 0 atom stereocenters. The van der Waals surface area contributed by atoms with E-state index in [2.05, 4.69) is 71.1 Å². The molecule has 0 aromatic heterocycles. The molecule has 0 heterocycles. The van der Waals surface area contributed by atoms with Crippen molar-refractivity contribution >= 4 is 5.57 Å². The largest absolute Gasteiger partial charge is 0.312 e. The third kappa shape index (κ3) is 5.05. The van der Waals surface area contributed by atoms with Crippen LogP contribution in [0.1, 0.15) is 50.8 Å². The van der Waals surface area contributed by atoms with Crippen LogP contribution in [0, 0.1) is 13.8 Å². The molecule has 1 rings (SSSR count). The summed E-state index contributed by atoms with van der Waals surface area (Å²) in [4.78, 5) is 0. The summed E-state index contributed by atoms with van der Waals surface area (Å²) in [7, 11) is 0. The molecule has 1 N–H and O–H groups in total. The molecule has 0 aliphatic carbocycles. The average molecular weight is 245 g/mol. The van der Waals surface area contributed by atoms with E-state index in [0.717, 1.165) is 13.0 Å². The lowest BCUT2D eigenvalue weighted by atomic mass is 9.99. The van der Waals surface area contributed by atoms with Crippen LogP contribution < -0.4 is 5.32 Å². The van der Waals surface area contributed by atoms with Gasteiger partial charge in [-0.1, -0.05) is 29.8 Å². The summed E-state index contributed by atoms with van der Waals surface area (Å²) >= 11 is 0. The molecule has 0 unspecified atom stereocenters. The Bertz CT molecular complexity index is 422. The van der Waals surface area contributed by atoms with Crippen molar-refractivity contribution in [1.29, 1.82) is 0 Å². The Morgan fingerprint density at radius 2 is 1.89 bits per heavy atom. The fourth-order valence-electron chi connectivity index (χ4n) is 2.10. The Morgan fingerprint density at radius 3 is 2.44 bits per heavy atom. The highest BCUT2D eigenvalue weighted by Gasteiger charge is 2.06. The number of aryl methyl sites for hydroxylation is 2. The highest BCUT2D eigenvalue weighted by atomic mass is 14.9. The second kappa shape index (κ2) is 6.19. The van der Waals surface area contributed by atoms with E-state index in [4.69, 9.17) is 0 Å². The van der Waals surface area contributed by atoms with Crippen molar-refractivity contribution in [1.82, 2.24) is 5.32 Å². The molecule has 1 nitrogen and oxygen atoms in total. The van der Waals surface area contributed by atoms with Gasteiger partial charge >= 0.3 is 0 Å². The van der Waals surface area contributed by atoms with Crippen molar-refractivity contribution in [3.63, 3.8) is 0 Å². The minimum atomic E-state index is 0.210. The van der Waals surface area contributed by atoms with Gasteiger partial charge in [-0.05, 0) is 71.2 Å². The highest BCUT2D eigenvalue weighted by Crippen LogP contribution is 2.19. The lowest BCUT2D eigenvalue weighted by molar-refractivity contribution is 0.431. The van der Waals surface area contributed by atoms with E-state index in [1.165, 1.54) is 22.3 Å². The van der Waals surface area contributed by atoms with Crippen LogP contribution in [0.5, 0.6) is 0 Å². The first-order valence-electron chi connectivity index (χ1n) is 6.79. The molecule has 1 heteroatoms. The van der Waals surface area contributed by atoms with Crippen LogP contribution in [0.25, 0.3) is 5.57 Å². The van der Waals surface area contributed by atoms with Crippen molar-refractivity contribution in [3.8, 4) is 0 Å². The van der Waals surface area contributed by atoms with Crippen molar-refractivity contribution in [3.05, 3.63) is 41.0 Å². The highest BCUT2D eigenvalue weighted by molar-refractivity contribution is 5.66. The topological polar surface area (TPSA) is 12.0 Å². The summed E-state index contributed by atoms with van der Waals surface area (Å²) in [6.07, 6.45) is 3.41. The first-order valence-corrected chi connectivity index (χ1v) is 6.79. The van der Waals surface area contributed by atoms with E-state index in [1.54, 1.807) is 0 Å². The third-order valence-corrected chi connectivity index (χ3v) is 3.06. The van der Waals surface area contributed by atoms with Crippen LogP contribution in [-0.2, 0) is 0 Å². The van der Waals surface area contributed by atoms with Gasteiger partial charge in [0.05, 0.1) is 0 Å². The molecular formula is C17H27N. The van der Waals surface area contributed by atoms with E-state index in [1.807, 2.05) is 0 Å². The Hall–Kier alpha value is -1.08. The standard InChI is InChI=1S/C17H27N/c1-13-9-10-16(15(3)12-13)14(2)8-7-11-18-17(4,5)6/h8-10,12,18H,7,11H2,1-6H3. The minimum Gasteiger partial charge on any atom is -0.312 e. The molecule has 0 saturated heterocycles. The summed E-state index contributed by atoms with van der Waals surface area (Å²) in [6, 6.07) is 6.67. The second-order valence-corrected chi connectivity index (χ2v) is 6.17. The zero-order valence-electron chi connectivity index (χ0n) is 12.7. The van der Waals surface area contributed by atoms with E-state index in [-0.39, 0.29) is 5.54 Å². The second-order valence-electron chi connectivity index (χ2n) is 6.17. The van der Waals surface area contributed by atoms with Crippen LogP contribution in [0.4, 0.5) is 0 Å². The van der Waals surface area contributed by atoms with Crippen molar-refractivity contribution in [2.24, 2.45) is 0 Å². The number of benzene rings is 1. The maximum Gasteiger partial charge on any atom is 0.00966 e. The third-order valence-electron chi connectivity index (χ3n) is 3.06. The summed E-state index contributed by atoms with van der Waals surface area (Å²) < 4.78 is 0. The van der Waals surface area contributed by atoms with Gasteiger partial charge < -0.3 is 5.32 Å². The first kappa shape index (κ1) is 15.0. The molecule has 0 radical (unpaired) electrons. The van der Waals surface area contributed by atoms with E-state index < -0.39 is 0 Å². The lowest BCUT2D eigenvalue weighted by Crippen LogP contribution is -2.36. The predicted octanol–water partition coefficient (Wildman–Crippen LogP) is 4.48. The van der Waals surface area contributed by atoms with Gasteiger partial charge in [0.2, 0.25) is 0 Å². The van der Waals surface area contributed by atoms with Gasteiger partial charge in [-0.25, -0.2) is 0 Å². The molecule has 1 aromatic carbocycles. The fraction of sp³-hybridized carbons (Fsp3) is 0.529. The quantitative estimate of drug-likeness (QED) is 0.771. The zero-order chi connectivity index (χ0) is 13.8. The van der Waals surface area contributed by atoms with Crippen molar-refractivity contribution in [2.75, 3.05) is 6.54 Å². The van der Waals surface area contributed by atoms with E-state index >= 15 is 0 Å². The molecule has 100 valence electrons. The fourth-order valence-corrected chi connectivity index (χ4v) is 2.10. The Balaban J connectivity index is 2.61. The van der Waals surface area contributed by atoms with Crippen LogP contribution in [-0.4, -0.2) is 12.1 Å². The zero-order valence-corrected chi connectivity index (χ0v) is 12.7. The van der Waals surface area contributed by atoms with Gasteiger partial charge in [0.15, 0.2) is 0 Å². The molecule has 1 aromatic rings. The number of hydrogen-bond donors (Lipinski definition) is 1. The summed E-state index contributed by atoms with van der Waals surface area (Å²) in [6.45, 7) is 14.2. The number of nitrogens with one attached hydrogen (secondary N) is 1. The van der Waals surface area contributed by atoms with Crippen molar-refractivity contribution in [2.45, 2.75) is 53.5 Å².